The maximum absolute atomic E-state index is 12.1. The SMILES string of the molecule is O=C(Nc1cc(C2OCCCO2)ccc1O)c1ccncc1. The summed E-state index contributed by atoms with van der Waals surface area (Å²) in [4.78, 5) is 16.0. The number of phenolic OH excluding ortho intramolecular Hbond substituents is 1. The molecule has 1 aliphatic rings. The molecule has 6 heteroatoms. The van der Waals surface area contributed by atoms with E-state index in [1.165, 1.54) is 18.5 Å². The summed E-state index contributed by atoms with van der Waals surface area (Å²) in [6.07, 6.45) is 3.47. The molecular weight excluding hydrogens is 284 g/mol. The zero-order chi connectivity index (χ0) is 15.4. The number of benzene rings is 1. The Morgan fingerprint density at radius 2 is 1.91 bits per heavy atom. The average molecular weight is 300 g/mol. The second-order valence-corrected chi connectivity index (χ2v) is 4.89. The summed E-state index contributed by atoms with van der Waals surface area (Å²) in [5.74, 6) is -0.331. The van der Waals surface area contributed by atoms with Gasteiger partial charge in [0.25, 0.3) is 5.91 Å². The third kappa shape index (κ3) is 3.24. The van der Waals surface area contributed by atoms with Crippen LogP contribution >= 0.6 is 0 Å². The summed E-state index contributed by atoms with van der Waals surface area (Å²) in [6.45, 7) is 1.26. The van der Waals surface area contributed by atoms with Gasteiger partial charge in [0.15, 0.2) is 6.29 Å². The lowest BCUT2D eigenvalue weighted by Gasteiger charge is -2.24. The van der Waals surface area contributed by atoms with Crippen LogP contribution in [0.5, 0.6) is 5.75 Å². The molecule has 0 bridgehead atoms. The van der Waals surface area contributed by atoms with E-state index in [2.05, 4.69) is 10.3 Å². The number of aromatic hydroxyl groups is 1. The number of pyridine rings is 1. The molecule has 1 aromatic heterocycles. The van der Waals surface area contributed by atoms with E-state index in [0.717, 1.165) is 12.0 Å². The van der Waals surface area contributed by atoms with Gasteiger partial charge in [-0.15, -0.1) is 0 Å². The van der Waals surface area contributed by atoms with Gasteiger partial charge in [-0.05, 0) is 30.7 Å². The number of amides is 1. The molecule has 1 aliphatic heterocycles. The van der Waals surface area contributed by atoms with Gasteiger partial charge >= 0.3 is 0 Å². The number of rotatable bonds is 3. The summed E-state index contributed by atoms with van der Waals surface area (Å²) in [6, 6.07) is 8.09. The molecule has 22 heavy (non-hydrogen) atoms. The van der Waals surface area contributed by atoms with Crippen LogP contribution in [0.3, 0.4) is 0 Å². The van der Waals surface area contributed by atoms with Crippen molar-refractivity contribution in [3.8, 4) is 5.75 Å². The fourth-order valence-corrected chi connectivity index (χ4v) is 2.18. The Balaban J connectivity index is 1.79. The van der Waals surface area contributed by atoms with Crippen LogP contribution in [0.2, 0.25) is 0 Å². The summed E-state index contributed by atoms with van der Waals surface area (Å²) in [5.41, 5.74) is 1.53. The van der Waals surface area contributed by atoms with Crippen molar-refractivity contribution in [3.63, 3.8) is 0 Å². The van der Waals surface area contributed by atoms with Crippen molar-refractivity contribution in [2.24, 2.45) is 0 Å². The predicted molar refractivity (Wildman–Crippen MR) is 79.6 cm³/mol. The van der Waals surface area contributed by atoms with Crippen molar-refractivity contribution < 1.29 is 19.4 Å². The first-order chi connectivity index (χ1) is 10.7. The summed E-state index contributed by atoms with van der Waals surface area (Å²) in [5, 5.41) is 12.6. The summed E-state index contributed by atoms with van der Waals surface area (Å²) < 4.78 is 11.0. The number of nitrogens with one attached hydrogen (secondary N) is 1. The number of aromatic nitrogens is 1. The molecule has 0 atom stereocenters. The van der Waals surface area contributed by atoms with Gasteiger partial charge in [0.2, 0.25) is 0 Å². The average Bonchev–Trinajstić information content (AvgIpc) is 2.58. The molecule has 114 valence electrons. The van der Waals surface area contributed by atoms with Gasteiger partial charge in [0, 0.05) is 23.5 Å². The summed E-state index contributed by atoms with van der Waals surface area (Å²) in [7, 11) is 0. The van der Waals surface area contributed by atoms with E-state index in [1.54, 1.807) is 24.3 Å². The smallest absolute Gasteiger partial charge is 0.255 e. The molecule has 6 nitrogen and oxygen atoms in total. The quantitative estimate of drug-likeness (QED) is 0.851. The Morgan fingerprint density at radius 1 is 1.18 bits per heavy atom. The molecule has 2 N–H and O–H groups in total. The van der Waals surface area contributed by atoms with E-state index in [4.69, 9.17) is 9.47 Å². The number of hydrogen-bond donors (Lipinski definition) is 2. The number of phenols is 1. The van der Waals surface area contributed by atoms with Crippen LogP contribution in [0, 0.1) is 0 Å². The lowest BCUT2D eigenvalue weighted by Crippen LogP contribution is -2.18. The molecule has 1 saturated heterocycles. The third-order valence-electron chi connectivity index (χ3n) is 3.31. The monoisotopic (exact) mass is 300 g/mol. The minimum Gasteiger partial charge on any atom is -0.506 e. The van der Waals surface area contributed by atoms with E-state index in [1.807, 2.05) is 0 Å². The van der Waals surface area contributed by atoms with Crippen LogP contribution in [0.1, 0.15) is 28.6 Å². The predicted octanol–water partition coefficient (Wildman–Crippen LogP) is 2.48. The first-order valence-electron chi connectivity index (χ1n) is 7.01. The largest absolute Gasteiger partial charge is 0.506 e. The van der Waals surface area contributed by atoms with Crippen molar-refractivity contribution in [3.05, 3.63) is 53.9 Å². The minimum absolute atomic E-state index is 0.0121. The van der Waals surface area contributed by atoms with Crippen LogP contribution in [0.4, 0.5) is 5.69 Å². The van der Waals surface area contributed by atoms with Crippen molar-refractivity contribution in [2.45, 2.75) is 12.7 Å². The fourth-order valence-electron chi connectivity index (χ4n) is 2.18. The van der Waals surface area contributed by atoms with Crippen LogP contribution < -0.4 is 5.32 Å². The highest BCUT2D eigenvalue weighted by Gasteiger charge is 2.18. The zero-order valence-electron chi connectivity index (χ0n) is 11.9. The van der Waals surface area contributed by atoms with E-state index < -0.39 is 6.29 Å². The number of ether oxygens (including phenoxy) is 2. The number of carbonyl (C=O) groups excluding carboxylic acids is 1. The molecule has 0 aliphatic carbocycles. The first kappa shape index (κ1) is 14.5. The van der Waals surface area contributed by atoms with Crippen LogP contribution in [0.25, 0.3) is 0 Å². The topological polar surface area (TPSA) is 80.7 Å². The first-order valence-corrected chi connectivity index (χ1v) is 7.01. The molecule has 0 spiro atoms. The normalized spacial score (nSPS) is 15.5. The van der Waals surface area contributed by atoms with Gasteiger partial charge < -0.3 is 19.9 Å². The molecule has 1 aromatic carbocycles. The van der Waals surface area contributed by atoms with Gasteiger partial charge in [0.05, 0.1) is 18.9 Å². The molecule has 0 saturated carbocycles. The van der Waals surface area contributed by atoms with E-state index in [-0.39, 0.29) is 11.7 Å². The Morgan fingerprint density at radius 3 is 2.64 bits per heavy atom. The molecule has 2 heterocycles. The molecule has 2 aromatic rings. The molecule has 0 unspecified atom stereocenters. The van der Waals surface area contributed by atoms with Gasteiger partial charge in [-0.25, -0.2) is 0 Å². The van der Waals surface area contributed by atoms with Gasteiger partial charge in [0.1, 0.15) is 5.75 Å². The van der Waals surface area contributed by atoms with Gasteiger partial charge in [-0.3, -0.25) is 9.78 Å². The number of hydrogen-bond acceptors (Lipinski definition) is 5. The standard InChI is InChI=1S/C16H16N2O4/c19-14-3-2-12(16-21-8-1-9-22-16)10-13(14)18-15(20)11-4-6-17-7-5-11/h2-7,10,16,19H,1,8-9H2,(H,18,20). The highest BCUT2D eigenvalue weighted by molar-refractivity contribution is 6.04. The lowest BCUT2D eigenvalue weighted by atomic mass is 10.1. The van der Waals surface area contributed by atoms with Crippen LogP contribution in [-0.4, -0.2) is 29.2 Å². The van der Waals surface area contributed by atoms with Crippen LogP contribution in [-0.2, 0) is 9.47 Å². The fraction of sp³-hybridized carbons (Fsp3) is 0.250. The van der Waals surface area contributed by atoms with Crippen molar-refractivity contribution in [1.82, 2.24) is 4.98 Å². The van der Waals surface area contributed by atoms with Gasteiger partial charge in [-0.1, -0.05) is 6.07 Å². The zero-order valence-corrected chi connectivity index (χ0v) is 11.9. The number of carbonyl (C=O) groups is 1. The third-order valence-corrected chi connectivity index (χ3v) is 3.31. The summed E-state index contributed by atoms with van der Waals surface area (Å²) >= 11 is 0. The second kappa shape index (κ2) is 6.55. The molecule has 0 radical (unpaired) electrons. The maximum atomic E-state index is 12.1. The van der Waals surface area contributed by atoms with E-state index in [9.17, 15) is 9.90 Å². The highest BCUT2D eigenvalue weighted by atomic mass is 16.7. The van der Waals surface area contributed by atoms with Crippen molar-refractivity contribution >= 4 is 11.6 Å². The molecular formula is C16H16N2O4. The van der Waals surface area contributed by atoms with E-state index >= 15 is 0 Å². The van der Waals surface area contributed by atoms with Gasteiger partial charge in [-0.2, -0.15) is 0 Å². The molecule has 1 amide bonds. The minimum atomic E-state index is -0.467. The molecule has 1 fully saturated rings. The Kier molecular flexibility index (Phi) is 4.32. The van der Waals surface area contributed by atoms with Crippen molar-refractivity contribution in [1.29, 1.82) is 0 Å². The van der Waals surface area contributed by atoms with E-state index in [0.29, 0.717) is 24.5 Å². The number of anilines is 1. The Hall–Kier alpha value is -2.44. The highest BCUT2D eigenvalue weighted by Crippen LogP contribution is 2.30. The van der Waals surface area contributed by atoms with Crippen LogP contribution in [0.15, 0.2) is 42.7 Å². The lowest BCUT2D eigenvalue weighted by molar-refractivity contribution is -0.183. The van der Waals surface area contributed by atoms with Crippen molar-refractivity contribution in [2.75, 3.05) is 18.5 Å². The molecule has 3 rings (SSSR count). The Bertz CT molecular complexity index is 654. The number of nitrogens with zero attached hydrogens (tertiary/aromatic N) is 1. The second-order valence-electron chi connectivity index (χ2n) is 4.89. The maximum Gasteiger partial charge on any atom is 0.255 e. The Labute approximate surface area is 127 Å².